The molecule has 5 nitrogen and oxygen atoms in total. The minimum absolute atomic E-state index is 0.0764. The zero-order chi connectivity index (χ0) is 19.8. The predicted molar refractivity (Wildman–Crippen MR) is 108 cm³/mol. The number of carbonyl (C=O) groups excluding carboxylic acids is 1. The highest BCUT2D eigenvalue weighted by Crippen LogP contribution is 2.39. The number of halogens is 1. The lowest BCUT2D eigenvalue weighted by atomic mass is 10.2. The van der Waals surface area contributed by atoms with Gasteiger partial charge in [0, 0.05) is 10.7 Å². The summed E-state index contributed by atoms with van der Waals surface area (Å²) in [5, 5.41) is 1.40. The van der Waals surface area contributed by atoms with E-state index >= 15 is 0 Å². The minimum atomic E-state index is -0.546. The predicted octanol–water partition coefficient (Wildman–Crippen LogP) is 5.32. The summed E-state index contributed by atoms with van der Waals surface area (Å²) in [5.41, 5.74) is 7.88. The largest absolute Gasteiger partial charge is 0.459 e. The number of nitrogens with two attached hydrogens (primary N) is 1. The molecule has 0 radical (unpaired) electrons. The summed E-state index contributed by atoms with van der Waals surface area (Å²) in [4.78, 5) is 12.4. The van der Waals surface area contributed by atoms with Crippen molar-refractivity contribution in [1.82, 2.24) is 4.57 Å². The number of hydrogen-bond donors (Lipinski definition) is 1. The van der Waals surface area contributed by atoms with Gasteiger partial charge in [0.1, 0.15) is 17.9 Å². The smallest absolute Gasteiger partial charge is 0.326 e. The first-order valence-electron chi connectivity index (χ1n) is 8.68. The molecule has 27 heavy (non-hydrogen) atoms. The van der Waals surface area contributed by atoms with E-state index in [1.807, 2.05) is 50.5 Å². The zero-order valence-electron chi connectivity index (χ0n) is 15.9. The van der Waals surface area contributed by atoms with Crippen LogP contribution >= 0.6 is 11.6 Å². The number of nitrogen functional groups attached to an aromatic ring is 1. The van der Waals surface area contributed by atoms with E-state index in [1.165, 1.54) is 0 Å². The average Bonchev–Trinajstić information content (AvgIpc) is 2.82. The maximum absolute atomic E-state index is 12.4. The summed E-state index contributed by atoms with van der Waals surface area (Å²) in [6, 6.07) is 12.7. The van der Waals surface area contributed by atoms with Crippen LogP contribution in [-0.4, -0.2) is 16.1 Å². The van der Waals surface area contributed by atoms with Crippen LogP contribution in [0.15, 0.2) is 42.5 Å². The molecule has 6 heteroatoms. The normalized spacial score (nSPS) is 11.6. The zero-order valence-corrected chi connectivity index (χ0v) is 16.6. The van der Waals surface area contributed by atoms with Gasteiger partial charge in [0.2, 0.25) is 0 Å². The van der Waals surface area contributed by atoms with Gasteiger partial charge in [-0.05, 0) is 64.1 Å². The summed E-state index contributed by atoms with van der Waals surface area (Å²) >= 11 is 5.95. The lowest BCUT2D eigenvalue weighted by molar-refractivity contribution is -0.155. The van der Waals surface area contributed by atoms with Crippen molar-refractivity contribution >= 4 is 34.2 Å². The molecule has 0 fully saturated rings. The van der Waals surface area contributed by atoms with Crippen molar-refractivity contribution in [3.05, 3.63) is 53.2 Å². The van der Waals surface area contributed by atoms with Gasteiger partial charge in [-0.2, -0.15) is 0 Å². The van der Waals surface area contributed by atoms with Gasteiger partial charge < -0.3 is 19.8 Å². The van der Waals surface area contributed by atoms with Crippen molar-refractivity contribution in [2.75, 3.05) is 5.73 Å². The average molecular weight is 387 g/mol. The van der Waals surface area contributed by atoms with E-state index in [-0.39, 0.29) is 12.5 Å². The SMILES string of the molecule is Cc1c(Oc2ccc(Cl)cc2)c2c(N)cccc2n1CC(=O)OC(C)(C)C. The number of ether oxygens (including phenoxy) is 2. The van der Waals surface area contributed by atoms with Crippen LogP contribution < -0.4 is 10.5 Å². The Labute approximate surface area is 163 Å². The molecule has 0 atom stereocenters. The lowest BCUT2D eigenvalue weighted by Gasteiger charge is -2.20. The second kappa shape index (κ2) is 7.16. The number of benzene rings is 2. The molecule has 1 aromatic heterocycles. The summed E-state index contributed by atoms with van der Waals surface area (Å²) in [7, 11) is 0. The molecule has 0 aliphatic heterocycles. The number of aromatic nitrogens is 1. The third-order valence-corrected chi connectivity index (χ3v) is 4.32. The third-order valence-electron chi connectivity index (χ3n) is 4.07. The quantitative estimate of drug-likeness (QED) is 0.486. The van der Waals surface area contributed by atoms with Crippen LogP contribution in [0.25, 0.3) is 10.9 Å². The van der Waals surface area contributed by atoms with Crippen molar-refractivity contribution in [3.63, 3.8) is 0 Å². The summed E-state index contributed by atoms with van der Waals surface area (Å²) in [6.07, 6.45) is 0. The van der Waals surface area contributed by atoms with Gasteiger partial charge >= 0.3 is 5.97 Å². The van der Waals surface area contributed by atoms with E-state index in [4.69, 9.17) is 26.8 Å². The molecule has 2 N–H and O–H groups in total. The maximum Gasteiger partial charge on any atom is 0.326 e. The van der Waals surface area contributed by atoms with Crippen LogP contribution in [0.3, 0.4) is 0 Å². The Morgan fingerprint density at radius 2 is 1.81 bits per heavy atom. The molecule has 3 aromatic rings. The van der Waals surface area contributed by atoms with Crippen molar-refractivity contribution in [2.24, 2.45) is 0 Å². The Morgan fingerprint density at radius 1 is 1.15 bits per heavy atom. The number of nitrogens with zero attached hydrogens (tertiary/aromatic N) is 1. The molecule has 142 valence electrons. The molecule has 0 unspecified atom stereocenters. The number of fused-ring (bicyclic) bond motifs is 1. The Bertz CT molecular complexity index is 985. The first kappa shape index (κ1) is 19.1. The highest BCUT2D eigenvalue weighted by Gasteiger charge is 2.22. The van der Waals surface area contributed by atoms with Crippen LogP contribution in [-0.2, 0) is 16.1 Å². The number of anilines is 1. The van der Waals surface area contributed by atoms with Crippen molar-refractivity contribution in [3.8, 4) is 11.5 Å². The van der Waals surface area contributed by atoms with Crippen LogP contribution in [0.5, 0.6) is 11.5 Å². The third kappa shape index (κ3) is 4.19. The van der Waals surface area contributed by atoms with Crippen LogP contribution in [0, 0.1) is 6.92 Å². The molecule has 0 saturated carbocycles. The second-order valence-electron chi connectivity index (χ2n) is 7.38. The fraction of sp³-hybridized carbons (Fsp3) is 0.286. The Kier molecular flexibility index (Phi) is 5.07. The summed E-state index contributed by atoms with van der Waals surface area (Å²) < 4.78 is 13.4. The van der Waals surface area contributed by atoms with Crippen LogP contribution in [0.2, 0.25) is 5.02 Å². The molecular formula is C21H23ClN2O3. The Hall–Kier alpha value is -2.66. The fourth-order valence-corrected chi connectivity index (χ4v) is 3.09. The fourth-order valence-electron chi connectivity index (χ4n) is 2.97. The number of carbonyl (C=O) groups is 1. The van der Waals surface area contributed by atoms with E-state index < -0.39 is 5.60 Å². The van der Waals surface area contributed by atoms with Crippen LogP contribution in [0.1, 0.15) is 26.5 Å². The molecular weight excluding hydrogens is 364 g/mol. The molecule has 0 spiro atoms. The maximum atomic E-state index is 12.4. The van der Waals surface area contributed by atoms with E-state index in [0.717, 1.165) is 16.6 Å². The first-order chi connectivity index (χ1) is 12.7. The van der Waals surface area contributed by atoms with Gasteiger partial charge in [0.25, 0.3) is 0 Å². The monoisotopic (exact) mass is 386 g/mol. The molecule has 0 saturated heterocycles. The van der Waals surface area contributed by atoms with Gasteiger partial charge in [-0.3, -0.25) is 4.79 Å². The highest BCUT2D eigenvalue weighted by molar-refractivity contribution is 6.30. The summed E-state index contributed by atoms with van der Waals surface area (Å²) in [5.74, 6) is 0.944. The van der Waals surface area contributed by atoms with E-state index in [0.29, 0.717) is 22.2 Å². The first-order valence-corrected chi connectivity index (χ1v) is 9.06. The summed E-state index contributed by atoms with van der Waals surface area (Å²) in [6.45, 7) is 7.51. The molecule has 1 heterocycles. The van der Waals surface area contributed by atoms with Crippen molar-refractivity contribution in [2.45, 2.75) is 39.8 Å². The Morgan fingerprint density at radius 3 is 2.44 bits per heavy atom. The van der Waals surface area contributed by atoms with Gasteiger partial charge in [-0.25, -0.2) is 0 Å². The molecule has 0 bridgehead atoms. The molecule has 0 amide bonds. The topological polar surface area (TPSA) is 66.5 Å². The number of hydrogen-bond acceptors (Lipinski definition) is 4. The molecule has 3 rings (SSSR count). The van der Waals surface area contributed by atoms with Crippen LogP contribution in [0.4, 0.5) is 5.69 Å². The van der Waals surface area contributed by atoms with E-state index in [2.05, 4.69) is 0 Å². The van der Waals surface area contributed by atoms with Gasteiger partial charge in [-0.1, -0.05) is 17.7 Å². The van der Waals surface area contributed by atoms with Crippen molar-refractivity contribution in [1.29, 1.82) is 0 Å². The van der Waals surface area contributed by atoms with Gasteiger partial charge in [0.05, 0.1) is 16.6 Å². The second-order valence-corrected chi connectivity index (χ2v) is 7.82. The van der Waals surface area contributed by atoms with Gasteiger partial charge in [0.15, 0.2) is 5.75 Å². The molecule has 2 aromatic carbocycles. The number of rotatable bonds is 4. The minimum Gasteiger partial charge on any atom is -0.459 e. The van der Waals surface area contributed by atoms with Crippen molar-refractivity contribution < 1.29 is 14.3 Å². The standard InChI is InChI=1S/C21H23ClN2O3/c1-13-20(26-15-10-8-14(22)9-11-15)19-16(23)6-5-7-17(19)24(13)12-18(25)27-21(2,3)4/h5-11H,12,23H2,1-4H3. The van der Waals surface area contributed by atoms with E-state index in [9.17, 15) is 4.79 Å². The van der Waals surface area contributed by atoms with Gasteiger partial charge in [-0.15, -0.1) is 0 Å². The lowest BCUT2D eigenvalue weighted by Crippen LogP contribution is -2.26. The number of esters is 1. The Balaban J connectivity index is 2.05. The van der Waals surface area contributed by atoms with E-state index in [1.54, 1.807) is 24.3 Å². The molecule has 0 aliphatic rings. The highest BCUT2D eigenvalue weighted by atomic mass is 35.5. The molecule has 0 aliphatic carbocycles.